The lowest BCUT2D eigenvalue weighted by Gasteiger charge is -2.31. The minimum absolute atomic E-state index is 0. The molecule has 0 saturated heterocycles. The van der Waals surface area contributed by atoms with E-state index in [0.717, 1.165) is 49.2 Å². The predicted octanol–water partition coefficient (Wildman–Crippen LogP) is 3.72. The summed E-state index contributed by atoms with van der Waals surface area (Å²) in [5.41, 5.74) is 3.93. The molecule has 0 unspecified atom stereocenters. The number of halogens is 1. The van der Waals surface area contributed by atoms with Gasteiger partial charge in [0.1, 0.15) is 11.6 Å². The number of guanidine groups is 1. The summed E-state index contributed by atoms with van der Waals surface area (Å²) in [6, 6.07) is 12.8. The Morgan fingerprint density at radius 1 is 1.14 bits per heavy atom. The van der Waals surface area contributed by atoms with Crippen molar-refractivity contribution in [2.75, 3.05) is 13.1 Å². The molecule has 152 valence electrons. The summed E-state index contributed by atoms with van der Waals surface area (Å²) in [4.78, 5) is 16.0. The van der Waals surface area contributed by atoms with Crippen molar-refractivity contribution in [1.82, 2.24) is 24.8 Å². The highest BCUT2D eigenvalue weighted by atomic mass is 127. The summed E-state index contributed by atoms with van der Waals surface area (Å²) in [7, 11) is 0. The number of fused-ring (bicyclic) bond motifs is 1. The van der Waals surface area contributed by atoms with E-state index in [2.05, 4.69) is 57.4 Å². The molecule has 0 amide bonds. The zero-order chi connectivity index (χ0) is 19.3. The van der Waals surface area contributed by atoms with Crippen molar-refractivity contribution in [2.24, 2.45) is 4.99 Å². The van der Waals surface area contributed by atoms with Crippen LogP contribution in [0, 0.1) is 6.92 Å². The summed E-state index contributed by atoms with van der Waals surface area (Å²) in [5.74, 6) is 2.77. The molecule has 2 aromatic heterocycles. The number of nitrogens with zero attached hydrogens (tertiary/aromatic N) is 5. The molecule has 3 heterocycles. The lowest BCUT2D eigenvalue weighted by atomic mass is 10.0. The van der Waals surface area contributed by atoms with Crippen LogP contribution in [-0.2, 0) is 19.5 Å². The van der Waals surface area contributed by atoms with Crippen molar-refractivity contribution < 1.29 is 0 Å². The van der Waals surface area contributed by atoms with Gasteiger partial charge in [-0.3, -0.25) is 4.57 Å². The third kappa shape index (κ3) is 4.95. The highest BCUT2D eigenvalue weighted by molar-refractivity contribution is 14.0. The van der Waals surface area contributed by atoms with Gasteiger partial charge < -0.3 is 10.2 Å². The van der Waals surface area contributed by atoms with Crippen LogP contribution in [0.25, 0.3) is 5.82 Å². The second-order valence-electron chi connectivity index (χ2n) is 6.98. The first kappa shape index (κ1) is 21.3. The number of rotatable bonds is 4. The van der Waals surface area contributed by atoms with E-state index in [1.807, 2.05) is 30.0 Å². The van der Waals surface area contributed by atoms with Crippen LogP contribution in [0.4, 0.5) is 0 Å². The third-order valence-electron chi connectivity index (χ3n) is 5.06. The smallest absolute Gasteiger partial charge is 0.194 e. The molecular weight excluding hydrogens is 475 g/mol. The van der Waals surface area contributed by atoms with Gasteiger partial charge in [-0.1, -0.05) is 30.3 Å². The van der Waals surface area contributed by atoms with Crippen LogP contribution in [0.15, 0.2) is 60.0 Å². The quantitative estimate of drug-likeness (QED) is 0.336. The lowest BCUT2D eigenvalue weighted by molar-refractivity contribution is 0.378. The van der Waals surface area contributed by atoms with Gasteiger partial charge in [-0.2, -0.15) is 0 Å². The van der Waals surface area contributed by atoms with Crippen LogP contribution in [0.3, 0.4) is 0 Å². The second kappa shape index (κ2) is 9.87. The standard InChI is InChI=1S/C22H26N6.HI/c1-3-23-22(27-12-10-19-6-4-5-7-20(19)16-27)26-15-18-8-9-21(25-14-18)28-13-11-24-17(28)2;/h4-9,11,13-14H,3,10,12,15-16H2,1-2H3,(H,23,26);1H. The molecule has 4 rings (SSSR count). The molecule has 1 aromatic carbocycles. The van der Waals surface area contributed by atoms with E-state index in [-0.39, 0.29) is 24.0 Å². The largest absolute Gasteiger partial charge is 0.356 e. The molecule has 6 nitrogen and oxygen atoms in total. The van der Waals surface area contributed by atoms with E-state index >= 15 is 0 Å². The molecule has 0 atom stereocenters. The minimum Gasteiger partial charge on any atom is -0.356 e. The predicted molar refractivity (Wildman–Crippen MR) is 127 cm³/mol. The number of benzene rings is 1. The van der Waals surface area contributed by atoms with Gasteiger partial charge in [-0.05, 0) is 43.0 Å². The number of nitrogens with one attached hydrogen (secondary N) is 1. The molecule has 1 aliphatic heterocycles. The SMILES string of the molecule is CCNC(=NCc1ccc(-n2ccnc2C)nc1)N1CCc2ccccc2C1.I. The molecule has 29 heavy (non-hydrogen) atoms. The zero-order valence-corrected chi connectivity index (χ0v) is 19.2. The monoisotopic (exact) mass is 502 g/mol. The maximum absolute atomic E-state index is 4.86. The summed E-state index contributed by atoms with van der Waals surface area (Å²) in [6.07, 6.45) is 6.66. The topological polar surface area (TPSA) is 58.3 Å². The number of aromatic nitrogens is 3. The van der Waals surface area contributed by atoms with Crippen LogP contribution in [0.1, 0.15) is 29.4 Å². The first-order chi connectivity index (χ1) is 13.7. The van der Waals surface area contributed by atoms with Crippen LogP contribution in [0.2, 0.25) is 0 Å². The van der Waals surface area contributed by atoms with Crippen molar-refractivity contribution in [1.29, 1.82) is 0 Å². The van der Waals surface area contributed by atoms with Crippen LogP contribution in [0.5, 0.6) is 0 Å². The molecular formula is C22H27IN6. The van der Waals surface area contributed by atoms with E-state index in [4.69, 9.17) is 4.99 Å². The van der Waals surface area contributed by atoms with Gasteiger partial charge in [-0.15, -0.1) is 24.0 Å². The van der Waals surface area contributed by atoms with Crippen molar-refractivity contribution >= 4 is 29.9 Å². The fourth-order valence-corrected chi connectivity index (χ4v) is 3.54. The van der Waals surface area contributed by atoms with E-state index in [1.165, 1.54) is 11.1 Å². The number of aryl methyl sites for hydroxylation is 1. The highest BCUT2D eigenvalue weighted by Crippen LogP contribution is 2.18. The van der Waals surface area contributed by atoms with Crippen LogP contribution in [-0.4, -0.2) is 38.5 Å². The Labute approximate surface area is 189 Å². The maximum Gasteiger partial charge on any atom is 0.194 e. The van der Waals surface area contributed by atoms with Gasteiger partial charge in [-0.25, -0.2) is 15.0 Å². The first-order valence-corrected chi connectivity index (χ1v) is 9.80. The van der Waals surface area contributed by atoms with Gasteiger partial charge in [0.05, 0.1) is 6.54 Å². The molecule has 0 bridgehead atoms. The molecule has 0 saturated carbocycles. The Balaban J connectivity index is 0.00000240. The number of imidazole rings is 1. The Kier molecular flexibility index (Phi) is 7.24. The van der Waals surface area contributed by atoms with Crippen molar-refractivity contribution in [3.8, 4) is 5.82 Å². The molecule has 1 N–H and O–H groups in total. The minimum atomic E-state index is 0. The third-order valence-corrected chi connectivity index (χ3v) is 5.06. The molecule has 1 aliphatic rings. The molecule has 3 aromatic rings. The summed E-state index contributed by atoms with van der Waals surface area (Å²) in [5, 5.41) is 3.44. The Morgan fingerprint density at radius 2 is 1.97 bits per heavy atom. The summed E-state index contributed by atoms with van der Waals surface area (Å²) < 4.78 is 1.97. The Bertz CT molecular complexity index is 963. The number of aliphatic imine (C=N–C) groups is 1. The maximum atomic E-state index is 4.86. The van der Waals surface area contributed by atoms with Gasteiger partial charge >= 0.3 is 0 Å². The van der Waals surface area contributed by atoms with Crippen molar-refractivity contribution in [3.63, 3.8) is 0 Å². The summed E-state index contributed by atoms with van der Waals surface area (Å²) in [6.45, 7) is 7.43. The number of pyridine rings is 1. The normalized spacial score (nSPS) is 13.6. The zero-order valence-electron chi connectivity index (χ0n) is 16.9. The molecule has 0 fully saturated rings. The molecule has 0 aliphatic carbocycles. The van der Waals surface area contributed by atoms with Crippen molar-refractivity contribution in [3.05, 3.63) is 77.5 Å². The van der Waals surface area contributed by atoms with Crippen molar-refractivity contribution in [2.45, 2.75) is 33.4 Å². The van der Waals surface area contributed by atoms with E-state index in [1.54, 1.807) is 6.20 Å². The number of hydrogen-bond donors (Lipinski definition) is 1. The first-order valence-electron chi connectivity index (χ1n) is 9.80. The van der Waals surface area contributed by atoms with Gasteiger partial charge in [0.2, 0.25) is 0 Å². The van der Waals surface area contributed by atoms with E-state index in [9.17, 15) is 0 Å². The molecule has 7 heteroatoms. The average Bonchev–Trinajstić information content (AvgIpc) is 3.17. The Morgan fingerprint density at radius 3 is 2.66 bits per heavy atom. The van der Waals surface area contributed by atoms with Gasteiger partial charge in [0.15, 0.2) is 5.96 Å². The number of hydrogen-bond acceptors (Lipinski definition) is 3. The summed E-state index contributed by atoms with van der Waals surface area (Å²) >= 11 is 0. The van der Waals surface area contributed by atoms with E-state index in [0.29, 0.717) is 6.54 Å². The Hall–Kier alpha value is -2.42. The highest BCUT2D eigenvalue weighted by Gasteiger charge is 2.18. The lowest BCUT2D eigenvalue weighted by Crippen LogP contribution is -2.44. The van der Waals surface area contributed by atoms with E-state index < -0.39 is 0 Å². The fraction of sp³-hybridized carbons (Fsp3) is 0.318. The van der Waals surface area contributed by atoms with Crippen LogP contribution < -0.4 is 5.32 Å². The second-order valence-corrected chi connectivity index (χ2v) is 6.98. The molecule has 0 radical (unpaired) electrons. The van der Waals surface area contributed by atoms with Gasteiger partial charge in [0, 0.05) is 38.2 Å². The fourth-order valence-electron chi connectivity index (χ4n) is 3.54. The average molecular weight is 502 g/mol. The van der Waals surface area contributed by atoms with Gasteiger partial charge in [0.25, 0.3) is 0 Å². The molecule has 0 spiro atoms. The van der Waals surface area contributed by atoms with Crippen LogP contribution >= 0.6 is 24.0 Å².